The number of carbonyl (C=O) groups is 3. The number of nitrogens with two attached hydrogens (primary N) is 1. The van der Waals surface area contributed by atoms with E-state index in [1.54, 1.807) is 6.20 Å². The van der Waals surface area contributed by atoms with Gasteiger partial charge in [0, 0.05) is 31.4 Å². The fourth-order valence-corrected chi connectivity index (χ4v) is 6.91. The van der Waals surface area contributed by atoms with Gasteiger partial charge in [0.25, 0.3) is 7.52 Å². The molecule has 49 heavy (non-hydrogen) atoms. The van der Waals surface area contributed by atoms with Crippen LogP contribution in [0.3, 0.4) is 0 Å². The zero-order valence-electron chi connectivity index (χ0n) is 27.7. The summed E-state index contributed by atoms with van der Waals surface area (Å²) in [6, 6.07) is 20.6. The molecule has 1 aliphatic rings. The highest BCUT2D eigenvalue weighted by atomic mass is 31.2. The number of hydrogen-bond acceptors (Lipinski definition) is 7. The highest BCUT2D eigenvalue weighted by Crippen LogP contribution is 2.36. The molecule has 1 saturated carbocycles. The van der Waals surface area contributed by atoms with Crippen LogP contribution in [0.1, 0.15) is 55.3 Å². The van der Waals surface area contributed by atoms with Crippen molar-refractivity contribution < 1.29 is 28.2 Å². The van der Waals surface area contributed by atoms with Gasteiger partial charge in [0.2, 0.25) is 11.8 Å². The number of nitrogens with one attached hydrogen (secondary N) is 4. The highest BCUT2D eigenvalue weighted by Gasteiger charge is 2.32. The number of imidazole rings is 1. The van der Waals surface area contributed by atoms with Crippen LogP contribution >= 0.6 is 7.52 Å². The van der Waals surface area contributed by atoms with Crippen molar-refractivity contribution in [3.63, 3.8) is 0 Å². The van der Waals surface area contributed by atoms with E-state index >= 15 is 0 Å². The summed E-state index contributed by atoms with van der Waals surface area (Å²) in [5.41, 5.74) is 8.02. The number of aromatic amines is 1. The molecule has 1 aromatic heterocycles. The number of H-pyrrole nitrogens is 1. The first-order valence-electron chi connectivity index (χ1n) is 16.7. The molecule has 1 aliphatic carbocycles. The lowest BCUT2D eigenvalue weighted by Gasteiger charge is -2.30. The molecule has 3 unspecified atom stereocenters. The van der Waals surface area contributed by atoms with Crippen LogP contribution in [0.5, 0.6) is 0 Å². The van der Waals surface area contributed by atoms with Crippen molar-refractivity contribution in [2.75, 3.05) is 6.66 Å². The van der Waals surface area contributed by atoms with E-state index in [0.29, 0.717) is 12.1 Å². The second-order valence-electron chi connectivity index (χ2n) is 12.7. The molecule has 1 heterocycles. The average Bonchev–Trinajstić information content (AvgIpc) is 3.60. The Labute approximate surface area is 286 Å². The van der Waals surface area contributed by atoms with Crippen LogP contribution in [0.25, 0.3) is 10.8 Å². The Bertz CT molecular complexity index is 1720. The smallest absolute Gasteiger partial charge is 0.408 e. The predicted molar refractivity (Wildman–Crippen MR) is 187 cm³/mol. The van der Waals surface area contributed by atoms with Crippen molar-refractivity contribution in [3.8, 4) is 0 Å². The number of nitrogens with zero attached hydrogens (tertiary/aromatic N) is 1. The molecular formula is C36H45N6O6P. The lowest BCUT2D eigenvalue weighted by Crippen LogP contribution is -2.56. The molecule has 0 bridgehead atoms. The van der Waals surface area contributed by atoms with Crippen LogP contribution < -0.4 is 21.5 Å². The van der Waals surface area contributed by atoms with Gasteiger partial charge in [-0.05, 0) is 34.2 Å². The zero-order chi connectivity index (χ0) is 34.6. The summed E-state index contributed by atoms with van der Waals surface area (Å²) in [7, 11) is -3.46. The van der Waals surface area contributed by atoms with Gasteiger partial charge in [0.15, 0.2) is 0 Å². The van der Waals surface area contributed by atoms with Crippen LogP contribution in [0.4, 0.5) is 4.79 Å². The highest BCUT2D eigenvalue weighted by molar-refractivity contribution is 7.55. The van der Waals surface area contributed by atoms with E-state index < -0.39 is 43.7 Å². The second-order valence-corrected chi connectivity index (χ2v) is 14.7. The molecule has 6 N–H and O–H groups in total. The third-order valence-electron chi connectivity index (χ3n) is 8.65. The zero-order valence-corrected chi connectivity index (χ0v) is 28.6. The fourth-order valence-electron chi connectivity index (χ4n) is 6.27. The molecule has 0 saturated heterocycles. The molecule has 260 valence electrons. The van der Waals surface area contributed by atoms with Crippen molar-refractivity contribution in [2.45, 2.75) is 76.3 Å². The number of alkyl carbamates (subject to hydrolysis) is 1. The molecule has 4 atom stereocenters. The minimum atomic E-state index is -3.46. The molecule has 3 amide bonds. The monoisotopic (exact) mass is 688 g/mol. The minimum Gasteiger partial charge on any atom is -0.445 e. The summed E-state index contributed by atoms with van der Waals surface area (Å²) in [5, 5.41) is 10.4. The Morgan fingerprint density at radius 1 is 0.898 bits per heavy atom. The standard InChI is InChI=1S/C36H45N6O6P/c1-49(37,46)48-33(19-25-11-4-2-5-12-25)42-35(44)32(21-29-22-38-24-39-29)40-34(43)31(41-36(45)47-23-26-13-6-3-7-14-26)20-28-17-10-16-27-15-8-9-18-30(27)28/h3,6-10,13-18,22,24-25,31-33H,2,4-5,11-12,19-21,23H2,1H3,(H2,37,46)(H,38,39)(H,40,43)(H,41,45)(H,42,44)/t31?,32-,33?,49?/m0/s1. The molecule has 0 radical (unpaired) electrons. The number of aromatic nitrogens is 2. The summed E-state index contributed by atoms with van der Waals surface area (Å²) in [5.74, 6) is -0.857. The number of hydrogen-bond donors (Lipinski definition) is 5. The molecular weight excluding hydrogens is 643 g/mol. The van der Waals surface area contributed by atoms with E-state index in [0.717, 1.165) is 54.0 Å². The van der Waals surface area contributed by atoms with Gasteiger partial charge in [-0.1, -0.05) is 105 Å². The van der Waals surface area contributed by atoms with Crippen molar-refractivity contribution in [2.24, 2.45) is 11.4 Å². The van der Waals surface area contributed by atoms with Gasteiger partial charge in [0.1, 0.15) is 24.9 Å². The number of carbonyl (C=O) groups excluding carboxylic acids is 3. The van der Waals surface area contributed by atoms with E-state index in [4.69, 9.17) is 14.8 Å². The van der Waals surface area contributed by atoms with Crippen LogP contribution in [-0.2, 0) is 42.9 Å². The number of rotatable bonds is 15. The average molecular weight is 689 g/mol. The number of fused-ring (bicyclic) bond motifs is 1. The minimum absolute atomic E-state index is 0.0188. The van der Waals surface area contributed by atoms with Crippen LogP contribution in [0, 0.1) is 5.92 Å². The predicted octanol–water partition coefficient (Wildman–Crippen LogP) is 5.34. The SMILES string of the molecule is CP(N)(=O)OC(CC1CCCCC1)NC(=O)[C@H](Cc1cnc[nH]1)NC(=O)C(Cc1cccc2ccccc12)NC(=O)OCc1ccccc1. The lowest BCUT2D eigenvalue weighted by molar-refractivity contribution is -0.131. The molecule has 0 spiro atoms. The van der Waals surface area contributed by atoms with Crippen molar-refractivity contribution in [1.82, 2.24) is 25.9 Å². The van der Waals surface area contributed by atoms with Gasteiger partial charge in [-0.2, -0.15) is 0 Å². The molecule has 12 nitrogen and oxygen atoms in total. The topological polar surface area (TPSA) is 178 Å². The normalized spacial score (nSPS) is 16.5. The first-order valence-corrected chi connectivity index (χ1v) is 18.8. The van der Waals surface area contributed by atoms with E-state index in [-0.39, 0.29) is 25.4 Å². The first kappa shape index (κ1) is 35.8. The lowest BCUT2D eigenvalue weighted by atomic mass is 9.86. The Morgan fingerprint density at radius 3 is 2.33 bits per heavy atom. The Kier molecular flexibility index (Phi) is 12.6. The summed E-state index contributed by atoms with van der Waals surface area (Å²) in [6.45, 7) is 1.32. The molecule has 4 aromatic rings. The molecule has 13 heteroatoms. The van der Waals surface area contributed by atoms with Crippen molar-refractivity contribution in [3.05, 3.63) is 102 Å². The molecule has 3 aromatic carbocycles. The maximum atomic E-state index is 14.1. The van der Waals surface area contributed by atoms with Crippen molar-refractivity contribution in [1.29, 1.82) is 0 Å². The summed E-state index contributed by atoms with van der Waals surface area (Å²) in [6.07, 6.45) is 7.28. The van der Waals surface area contributed by atoms with Gasteiger partial charge in [-0.15, -0.1) is 0 Å². The van der Waals surface area contributed by atoms with E-state index in [2.05, 4.69) is 25.9 Å². The van der Waals surface area contributed by atoms with Gasteiger partial charge >= 0.3 is 6.09 Å². The number of ether oxygens (including phenoxy) is 1. The molecule has 1 fully saturated rings. The Balaban J connectivity index is 1.36. The van der Waals surface area contributed by atoms with Gasteiger partial charge < -0.3 is 25.7 Å². The van der Waals surface area contributed by atoms with E-state index in [9.17, 15) is 18.9 Å². The maximum absolute atomic E-state index is 14.1. The fraction of sp³-hybridized carbons (Fsp3) is 0.389. The summed E-state index contributed by atoms with van der Waals surface area (Å²) in [4.78, 5) is 48.1. The molecule has 5 rings (SSSR count). The molecule has 0 aliphatic heterocycles. The largest absolute Gasteiger partial charge is 0.445 e. The number of benzene rings is 3. The third kappa shape index (κ3) is 11.3. The van der Waals surface area contributed by atoms with Crippen LogP contribution in [0.2, 0.25) is 0 Å². The number of amides is 3. The van der Waals surface area contributed by atoms with E-state index in [1.165, 1.54) is 13.0 Å². The maximum Gasteiger partial charge on any atom is 0.408 e. The van der Waals surface area contributed by atoms with Gasteiger partial charge in [0.05, 0.1) is 6.33 Å². The van der Waals surface area contributed by atoms with Crippen molar-refractivity contribution >= 4 is 36.2 Å². The van der Waals surface area contributed by atoms with Crippen LogP contribution in [0.15, 0.2) is 85.3 Å². The Hall–Kier alpha value is -4.51. The quantitative estimate of drug-likeness (QED) is 0.0821. The first-order chi connectivity index (χ1) is 23.6. The second kappa shape index (κ2) is 17.2. The van der Waals surface area contributed by atoms with E-state index in [1.807, 2.05) is 72.8 Å². The van der Waals surface area contributed by atoms with Gasteiger partial charge in [-0.25, -0.2) is 9.78 Å². The summed E-state index contributed by atoms with van der Waals surface area (Å²) < 4.78 is 23.7. The summed E-state index contributed by atoms with van der Waals surface area (Å²) >= 11 is 0. The third-order valence-corrected chi connectivity index (χ3v) is 9.32. The van der Waals surface area contributed by atoms with Crippen LogP contribution in [-0.4, -0.2) is 52.9 Å². The Morgan fingerprint density at radius 2 is 1.59 bits per heavy atom. The van der Waals surface area contributed by atoms with Gasteiger partial charge in [-0.3, -0.25) is 24.2 Å².